The average molecular weight is 329 g/mol. The molecule has 0 bridgehead atoms. The highest BCUT2D eigenvalue weighted by atomic mass is 16.2. The summed E-state index contributed by atoms with van der Waals surface area (Å²) < 4.78 is 0. The molecule has 1 saturated carbocycles. The van der Waals surface area contributed by atoms with Gasteiger partial charge in [-0.05, 0) is 55.5 Å². The molecule has 0 unspecified atom stereocenters. The molecule has 1 aromatic rings. The van der Waals surface area contributed by atoms with Gasteiger partial charge in [-0.3, -0.25) is 14.5 Å². The number of nitrogens with zero attached hydrogens (tertiary/aromatic N) is 1. The lowest BCUT2D eigenvalue weighted by Crippen LogP contribution is -2.44. The van der Waals surface area contributed by atoms with Gasteiger partial charge in [0.1, 0.15) is 0 Å². The fourth-order valence-corrected chi connectivity index (χ4v) is 4.07. The smallest absolute Gasteiger partial charge is 0.251 e. The van der Waals surface area contributed by atoms with Crippen molar-refractivity contribution >= 4 is 17.5 Å². The molecule has 2 amide bonds. The quantitative estimate of drug-likeness (QED) is 0.892. The Balaban J connectivity index is 1.49. The van der Waals surface area contributed by atoms with Crippen molar-refractivity contribution in [2.75, 3.05) is 32.0 Å². The second-order valence-electron chi connectivity index (χ2n) is 7.03. The van der Waals surface area contributed by atoms with Crippen LogP contribution in [0.4, 0.5) is 5.69 Å². The van der Waals surface area contributed by atoms with Gasteiger partial charge in [0.15, 0.2) is 0 Å². The first-order valence-electron chi connectivity index (χ1n) is 9.00. The topological polar surface area (TPSA) is 61.4 Å². The van der Waals surface area contributed by atoms with Crippen molar-refractivity contribution in [2.24, 2.45) is 11.8 Å². The van der Waals surface area contributed by atoms with Gasteiger partial charge in [-0.1, -0.05) is 19.3 Å². The van der Waals surface area contributed by atoms with Gasteiger partial charge in [-0.2, -0.15) is 0 Å². The molecule has 1 heterocycles. The summed E-state index contributed by atoms with van der Waals surface area (Å²) in [7, 11) is 1.60. The zero-order chi connectivity index (χ0) is 16.9. The zero-order valence-corrected chi connectivity index (χ0v) is 14.4. The Bertz CT molecular complexity index is 585. The molecule has 2 N–H and O–H groups in total. The van der Waals surface area contributed by atoms with Crippen molar-refractivity contribution in [1.82, 2.24) is 10.2 Å². The molecular formula is C19H27N3O2. The number of benzene rings is 1. The van der Waals surface area contributed by atoms with E-state index < -0.39 is 0 Å². The van der Waals surface area contributed by atoms with E-state index in [1.54, 1.807) is 31.3 Å². The molecule has 1 saturated heterocycles. The van der Waals surface area contributed by atoms with Crippen LogP contribution in [0.3, 0.4) is 0 Å². The van der Waals surface area contributed by atoms with E-state index in [0.717, 1.165) is 30.6 Å². The molecule has 2 atom stereocenters. The largest absolute Gasteiger partial charge is 0.355 e. The van der Waals surface area contributed by atoms with E-state index >= 15 is 0 Å². The van der Waals surface area contributed by atoms with Crippen LogP contribution in [0.2, 0.25) is 0 Å². The Hall–Kier alpha value is -1.88. The highest BCUT2D eigenvalue weighted by Crippen LogP contribution is 2.35. The number of piperidine rings is 1. The van der Waals surface area contributed by atoms with Gasteiger partial charge in [0.2, 0.25) is 5.91 Å². The normalized spacial score (nSPS) is 24.0. The maximum Gasteiger partial charge on any atom is 0.251 e. The van der Waals surface area contributed by atoms with E-state index in [1.165, 1.54) is 32.1 Å². The highest BCUT2D eigenvalue weighted by molar-refractivity contribution is 5.96. The Morgan fingerprint density at radius 1 is 1.08 bits per heavy atom. The third-order valence-corrected chi connectivity index (χ3v) is 5.40. The zero-order valence-electron chi connectivity index (χ0n) is 14.4. The summed E-state index contributed by atoms with van der Waals surface area (Å²) in [5.41, 5.74) is 1.33. The summed E-state index contributed by atoms with van der Waals surface area (Å²) in [5.74, 6) is 1.57. The maximum absolute atomic E-state index is 12.3. The minimum absolute atomic E-state index is 0.0250. The summed E-state index contributed by atoms with van der Waals surface area (Å²) in [6.07, 6.45) is 6.66. The molecule has 130 valence electrons. The van der Waals surface area contributed by atoms with Gasteiger partial charge in [0.05, 0.1) is 6.54 Å². The standard InChI is InChI=1S/C19H27N3O2/c1-20-19(24)15-6-8-17(9-7-15)21-18(23)13-22-11-10-14-4-2-3-5-16(14)12-22/h6-9,14,16H,2-5,10-13H2,1H3,(H,20,24)(H,21,23)/t14-,16+/m0/s1. The number of hydrogen-bond donors (Lipinski definition) is 2. The predicted octanol–water partition coefficient (Wildman–Crippen LogP) is 2.50. The number of hydrogen-bond acceptors (Lipinski definition) is 3. The number of carbonyl (C=O) groups is 2. The van der Waals surface area contributed by atoms with Crippen molar-refractivity contribution in [3.05, 3.63) is 29.8 Å². The fourth-order valence-electron chi connectivity index (χ4n) is 4.07. The average Bonchev–Trinajstić information content (AvgIpc) is 2.61. The molecule has 5 heteroatoms. The molecule has 2 aliphatic rings. The number of anilines is 1. The molecule has 3 rings (SSSR count). The van der Waals surface area contributed by atoms with E-state index in [1.807, 2.05) is 0 Å². The maximum atomic E-state index is 12.3. The van der Waals surface area contributed by atoms with Crippen molar-refractivity contribution in [3.8, 4) is 0 Å². The number of fused-ring (bicyclic) bond motifs is 1. The van der Waals surface area contributed by atoms with Gasteiger partial charge < -0.3 is 10.6 Å². The van der Waals surface area contributed by atoms with E-state index in [9.17, 15) is 9.59 Å². The summed E-state index contributed by atoms with van der Waals surface area (Å²) in [4.78, 5) is 26.1. The lowest BCUT2D eigenvalue weighted by atomic mass is 9.75. The summed E-state index contributed by atoms with van der Waals surface area (Å²) >= 11 is 0. The van der Waals surface area contributed by atoms with Gasteiger partial charge in [-0.15, -0.1) is 0 Å². The lowest BCUT2D eigenvalue weighted by Gasteiger charge is -2.41. The number of rotatable bonds is 4. The Morgan fingerprint density at radius 2 is 1.79 bits per heavy atom. The summed E-state index contributed by atoms with van der Waals surface area (Å²) in [6, 6.07) is 7.00. The second kappa shape index (κ2) is 7.79. The number of nitrogens with one attached hydrogen (secondary N) is 2. The number of likely N-dealkylation sites (tertiary alicyclic amines) is 1. The van der Waals surface area contributed by atoms with Gasteiger partial charge in [-0.25, -0.2) is 0 Å². The first-order chi connectivity index (χ1) is 11.7. The molecule has 1 aliphatic carbocycles. The predicted molar refractivity (Wildman–Crippen MR) is 95.0 cm³/mol. The summed E-state index contributed by atoms with van der Waals surface area (Å²) in [6.45, 7) is 2.55. The number of carbonyl (C=O) groups excluding carboxylic acids is 2. The van der Waals surface area contributed by atoms with Crippen LogP contribution in [0.5, 0.6) is 0 Å². The second-order valence-corrected chi connectivity index (χ2v) is 7.03. The van der Waals surface area contributed by atoms with E-state index in [2.05, 4.69) is 15.5 Å². The van der Waals surface area contributed by atoms with Gasteiger partial charge >= 0.3 is 0 Å². The minimum Gasteiger partial charge on any atom is -0.355 e. The lowest BCUT2D eigenvalue weighted by molar-refractivity contribution is -0.118. The summed E-state index contributed by atoms with van der Waals surface area (Å²) in [5, 5.41) is 5.52. The third kappa shape index (κ3) is 4.15. The van der Waals surface area contributed by atoms with Gasteiger partial charge in [0, 0.05) is 24.8 Å². The van der Waals surface area contributed by atoms with Crippen LogP contribution in [0.15, 0.2) is 24.3 Å². The molecule has 24 heavy (non-hydrogen) atoms. The van der Waals surface area contributed by atoms with E-state index in [4.69, 9.17) is 0 Å². The van der Waals surface area contributed by atoms with Crippen LogP contribution in [0.1, 0.15) is 42.5 Å². The van der Waals surface area contributed by atoms with Crippen LogP contribution < -0.4 is 10.6 Å². The van der Waals surface area contributed by atoms with Crippen molar-refractivity contribution in [1.29, 1.82) is 0 Å². The monoisotopic (exact) mass is 329 g/mol. The molecule has 2 fully saturated rings. The van der Waals surface area contributed by atoms with Crippen LogP contribution in [-0.4, -0.2) is 43.4 Å². The first-order valence-corrected chi connectivity index (χ1v) is 9.00. The van der Waals surface area contributed by atoms with Crippen LogP contribution in [0.25, 0.3) is 0 Å². The molecule has 5 nitrogen and oxygen atoms in total. The van der Waals surface area contributed by atoms with E-state index in [0.29, 0.717) is 12.1 Å². The third-order valence-electron chi connectivity index (χ3n) is 5.40. The van der Waals surface area contributed by atoms with Crippen molar-refractivity contribution < 1.29 is 9.59 Å². The highest BCUT2D eigenvalue weighted by Gasteiger charge is 2.31. The van der Waals surface area contributed by atoms with Crippen LogP contribution >= 0.6 is 0 Å². The van der Waals surface area contributed by atoms with Crippen molar-refractivity contribution in [3.63, 3.8) is 0 Å². The molecule has 1 aromatic carbocycles. The van der Waals surface area contributed by atoms with Crippen LogP contribution in [-0.2, 0) is 4.79 Å². The molecule has 0 aromatic heterocycles. The fraction of sp³-hybridized carbons (Fsp3) is 0.579. The van der Waals surface area contributed by atoms with Crippen LogP contribution in [0, 0.1) is 11.8 Å². The minimum atomic E-state index is -0.122. The number of amides is 2. The molecule has 0 radical (unpaired) electrons. The first kappa shape index (κ1) is 17.0. The molecule has 1 aliphatic heterocycles. The van der Waals surface area contributed by atoms with Crippen molar-refractivity contribution in [2.45, 2.75) is 32.1 Å². The Morgan fingerprint density at radius 3 is 2.50 bits per heavy atom. The molecule has 0 spiro atoms. The SMILES string of the molecule is CNC(=O)c1ccc(NC(=O)CN2CC[C@@H]3CCCC[C@@H]3C2)cc1. The Labute approximate surface area is 143 Å². The Kier molecular flexibility index (Phi) is 5.51. The van der Waals surface area contributed by atoms with Gasteiger partial charge in [0.25, 0.3) is 5.91 Å². The molecular weight excluding hydrogens is 302 g/mol. The van der Waals surface area contributed by atoms with E-state index in [-0.39, 0.29) is 11.8 Å².